The summed E-state index contributed by atoms with van der Waals surface area (Å²) >= 11 is 0. The number of anilines is 1. The minimum atomic E-state index is -1.02. The Kier molecular flexibility index (Phi) is 7.74. The molecule has 0 bridgehead atoms. The molecular weight excluding hydrogens is 488 g/mol. The van der Waals surface area contributed by atoms with Gasteiger partial charge >= 0.3 is 0 Å². The number of halogens is 2. The van der Waals surface area contributed by atoms with Crippen LogP contribution in [0.3, 0.4) is 0 Å². The van der Waals surface area contributed by atoms with Crippen LogP contribution in [0.15, 0.2) is 73.1 Å². The Morgan fingerprint density at radius 1 is 1.00 bits per heavy atom. The van der Waals surface area contributed by atoms with E-state index in [-0.39, 0.29) is 12.3 Å². The summed E-state index contributed by atoms with van der Waals surface area (Å²) in [6.45, 7) is 2.23. The van der Waals surface area contributed by atoms with Crippen molar-refractivity contribution in [1.29, 1.82) is 0 Å². The monoisotopic (exact) mass is 517 g/mol. The first-order valence-electron chi connectivity index (χ1n) is 12.6. The second-order valence-electron chi connectivity index (χ2n) is 9.50. The molecule has 1 fully saturated rings. The highest BCUT2D eigenvalue weighted by Crippen LogP contribution is 2.31. The minimum Gasteiger partial charge on any atom is -0.483 e. The number of ether oxygens (including phenoxy) is 1. The molecule has 2 heterocycles. The highest BCUT2D eigenvalue weighted by atomic mass is 19.2. The van der Waals surface area contributed by atoms with E-state index in [1.807, 2.05) is 41.9 Å². The van der Waals surface area contributed by atoms with E-state index in [9.17, 15) is 13.6 Å². The molecular formula is C29H29F2N5O2. The third-order valence-electron chi connectivity index (χ3n) is 6.82. The lowest BCUT2D eigenvalue weighted by Crippen LogP contribution is -2.33. The zero-order valence-electron chi connectivity index (χ0n) is 21.1. The summed E-state index contributed by atoms with van der Waals surface area (Å²) in [7, 11) is 1.98. The first-order valence-corrected chi connectivity index (χ1v) is 12.6. The Morgan fingerprint density at radius 2 is 1.79 bits per heavy atom. The molecule has 5 rings (SSSR count). The molecule has 1 aromatic heterocycles. The summed E-state index contributed by atoms with van der Waals surface area (Å²) in [4.78, 5) is 14.9. The lowest BCUT2D eigenvalue weighted by molar-refractivity contribution is -0.118. The van der Waals surface area contributed by atoms with E-state index in [1.165, 1.54) is 6.07 Å². The fourth-order valence-electron chi connectivity index (χ4n) is 4.82. The van der Waals surface area contributed by atoms with Crippen LogP contribution in [-0.2, 0) is 18.4 Å². The zero-order valence-corrected chi connectivity index (χ0v) is 21.1. The van der Waals surface area contributed by atoms with Crippen molar-refractivity contribution in [3.63, 3.8) is 0 Å². The number of nitrogens with one attached hydrogen (secondary N) is 1. The molecule has 196 valence electrons. The second-order valence-corrected chi connectivity index (χ2v) is 9.50. The van der Waals surface area contributed by atoms with E-state index in [0.717, 1.165) is 60.6 Å². The summed E-state index contributed by atoms with van der Waals surface area (Å²) in [5.74, 6) is -0.440. The topological polar surface area (TPSA) is 72.3 Å². The Balaban J connectivity index is 1.28. The maximum Gasteiger partial charge on any atom is 0.262 e. The lowest BCUT2D eigenvalue weighted by Gasteiger charge is -2.31. The van der Waals surface area contributed by atoms with Gasteiger partial charge in [-0.3, -0.25) is 9.69 Å². The molecule has 0 radical (unpaired) electrons. The summed E-state index contributed by atoms with van der Waals surface area (Å²) in [5.41, 5.74) is 3.30. The van der Waals surface area contributed by atoms with Crippen LogP contribution in [0.2, 0.25) is 0 Å². The fourth-order valence-corrected chi connectivity index (χ4v) is 4.82. The maximum atomic E-state index is 13.5. The van der Waals surface area contributed by atoms with Gasteiger partial charge in [0.1, 0.15) is 17.9 Å². The molecule has 1 aliphatic heterocycles. The number of carbonyl (C=O) groups is 1. The fraction of sp³-hybridized carbons (Fsp3) is 0.276. The average Bonchev–Trinajstić information content (AvgIpc) is 3.36. The van der Waals surface area contributed by atoms with Gasteiger partial charge in [0.25, 0.3) is 5.91 Å². The van der Waals surface area contributed by atoms with Gasteiger partial charge in [0, 0.05) is 36.8 Å². The van der Waals surface area contributed by atoms with E-state index < -0.39 is 17.5 Å². The van der Waals surface area contributed by atoms with Gasteiger partial charge in [0.15, 0.2) is 18.2 Å². The molecule has 1 N–H and O–H groups in total. The van der Waals surface area contributed by atoms with Gasteiger partial charge in [-0.25, -0.2) is 8.78 Å². The summed E-state index contributed by atoms with van der Waals surface area (Å²) in [5, 5.41) is 10.8. The number of hydrogen-bond acceptors (Lipinski definition) is 5. The van der Waals surface area contributed by atoms with Crippen LogP contribution in [0, 0.1) is 11.6 Å². The number of carbonyl (C=O) groups excluding carboxylic acids is 1. The molecule has 0 unspecified atom stereocenters. The SMILES string of the molecule is Cn1cnnc1C1CCN(Cc2cc(-c3ccccc3)ccc2OCC(=O)Nc2ccc(F)c(F)c2)CC1. The number of amides is 1. The molecule has 0 atom stereocenters. The number of rotatable bonds is 8. The second kappa shape index (κ2) is 11.5. The standard InChI is InChI=1S/C29H29F2N5O2/c1-35-19-32-34-29(35)21-11-13-36(14-12-21)17-23-15-22(20-5-3-2-4-6-20)7-10-27(23)38-18-28(37)33-24-8-9-25(30)26(31)16-24/h2-10,15-16,19,21H,11-14,17-18H2,1H3,(H,33,37). The van der Waals surface area contributed by atoms with Crippen molar-refractivity contribution in [1.82, 2.24) is 19.7 Å². The molecule has 1 amide bonds. The van der Waals surface area contributed by atoms with E-state index in [0.29, 0.717) is 18.2 Å². The molecule has 3 aromatic carbocycles. The molecule has 0 spiro atoms. The van der Waals surface area contributed by atoms with Crippen LogP contribution in [0.5, 0.6) is 5.75 Å². The number of aryl methyl sites for hydroxylation is 1. The van der Waals surface area contributed by atoms with Crippen molar-refractivity contribution in [2.75, 3.05) is 25.0 Å². The Hall–Kier alpha value is -4.11. The molecule has 7 nitrogen and oxygen atoms in total. The molecule has 1 aliphatic rings. The number of hydrogen-bond donors (Lipinski definition) is 1. The first-order chi connectivity index (χ1) is 18.5. The van der Waals surface area contributed by atoms with Gasteiger partial charge in [0.05, 0.1) is 0 Å². The third kappa shape index (κ3) is 6.06. The molecule has 1 saturated heterocycles. The predicted molar refractivity (Wildman–Crippen MR) is 141 cm³/mol. The number of piperidine rings is 1. The normalized spacial score (nSPS) is 14.4. The van der Waals surface area contributed by atoms with Crippen LogP contribution in [-0.4, -0.2) is 45.3 Å². The highest BCUT2D eigenvalue weighted by molar-refractivity contribution is 5.91. The van der Waals surface area contributed by atoms with Crippen LogP contribution in [0.4, 0.5) is 14.5 Å². The quantitative estimate of drug-likeness (QED) is 0.350. The van der Waals surface area contributed by atoms with Crippen molar-refractivity contribution in [3.05, 3.63) is 96.1 Å². The zero-order chi connectivity index (χ0) is 26.5. The molecule has 9 heteroatoms. The summed E-state index contributed by atoms with van der Waals surface area (Å²) < 4.78 is 34.6. The molecule has 0 saturated carbocycles. The Bertz CT molecular complexity index is 1400. The number of nitrogens with zero attached hydrogens (tertiary/aromatic N) is 4. The predicted octanol–water partition coefficient (Wildman–Crippen LogP) is 5.16. The van der Waals surface area contributed by atoms with Gasteiger partial charge in [-0.05, 0) is 61.3 Å². The number of benzene rings is 3. The molecule has 0 aliphatic carbocycles. The van der Waals surface area contributed by atoms with Crippen LogP contribution < -0.4 is 10.1 Å². The van der Waals surface area contributed by atoms with Crippen LogP contribution in [0.1, 0.15) is 30.1 Å². The van der Waals surface area contributed by atoms with Crippen LogP contribution >= 0.6 is 0 Å². The summed E-state index contributed by atoms with van der Waals surface area (Å²) in [6.07, 6.45) is 3.71. The van der Waals surface area contributed by atoms with E-state index in [4.69, 9.17) is 4.74 Å². The van der Waals surface area contributed by atoms with Gasteiger partial charge < -0.3 is 14.6 Å². The smallest absolute Gasteiger partial charge is 0.262 e. The maximum absolute atomic E-state index is 13.5. The lowest BCUT2D eigenvalue weighted by atomic mass is 9.95. The Morgan fingerprint density at radius 3 is 2.50 bits per heavy atom. The molecule has 38 heavy (non-hydrogen) atoms. The molecule has 4 aromatic rings. The third-order valence-corrected chi connectivity index (χ3v) is 6.82. The minimum absolute atomic E-state index is 0.169. The van der Waals surface area contributed by atoms with Gasteiger partial charge in [-0.2, -0.15) is 0 Å². The van der Waals surface area contributed by atoms with E-state index in [1.54, 1.807) is 6.33 Å². The number of likely N-dealkylation sites (tertiary alicyclic amines) is 1. The number of aromatic nitrogens is 3. The summed E-state index contributed by atoms with van der Waals surface area (Å²) in [6, 6.07) is 19.3. The first kappa shape index (κ1) is 25.5. The van der Waals surface area contributed by atoms with E-state index >= 15 is 0 Å². The van der Waals surface area contributed by atoms with E-state index in [2.05, 4.69) is 38.6 Å². The van der Waals surface area contributed by atoms with Gasteiger partial charge in [-0.1, -0.05) is 36.4 Å². The van der Waals surface area contributed by atoms with Crippen LogP contribution in [0.25, 0.3) is 11.1 Å². The highest BCUT2D eigenvalue weighted by Gasteiger charge is 2.24. The average molecular weight is 518 g/mol. The van der Waals surface area contributed by atoms with Crippen molar-refractivity contribution in [2.45, 2.75) is 25.3 Å². The van der Waals surface area contributed by atoms with Gasteiger partial charge in [0.2, 0.25) is 0 Å². The Labute approximate surface area is 220 Å². The largest absolute Gasteiger partial charge is 0.483 e. The van der Waals surface area contributed by atoms with Crippen molar-refractivity contribution in [3.8, 4) is 16.9 Å². The van der Waals surface area contributed by atoms with Crippen molar-refractivity contribution < 1.29 is 18.3 Å². The van der Waals surface area contributed by atoms with Crippen molar-refractivity contribution >= 4 is 11.6 Å². The van der Waals surface area contributed by atoms with Crippen molar-refractivity contribution in [2.24, 2.45) is 7.05 Å². The van der Waals surface area contributed by atoms with Gasteiger partial charge in [-0.15, -0.1) is 10.2 Å².